The Kier molecular flexibility index (Phi) is 3.67. The molecule has 2 rings (SSSR count). The van der Waals surface area contributed by atoms with Crippen LogP contribution in [0.2, 0.25) is 0 Å². The molecule has 0 aliphatic heterocycles. The largest absolute Gasteiger partial charge is 0.398 e. The van der Waals surface area contributed by atoms with Crippen LogP contribution in [-0.4, -0.2) is 8.42 Å². The summed E-state index contributed by atoms with van der Waals surface area (Å²) in [6.07, 6.45) is 0. The number of nitrogens with two attached hydrogens (primary N) is 1. The van der Waals surface area contributed by atoms with E-state index in [2.05, 4.69) is 4.72 Å². The summed E-state index contributed by atoms with van der Waals surface area (Å²) in [6.45, 7) is 3.39. The Bertz CT molecular complexity index is 717. The van der Waals surface area contributed by atoms with E-state index >= 15 is 0 Å². The fourth-order valence-electron chi connectivity index (χ4n) is 1.67. The predicted octanol–water partition coefficient (Wildman–Crippen LogP) is 2.83. The molecular formula is C14H15FN2O2S. The molecule has 4 nitrogen and oxygen atoms in total. The molecule has 0 aliphatic rings. The number of sulfonamides is 1. The Labute approximate surface area is 117 Å². The van der Waals surface area contributed by atoms with E-state index < -0.39 is 15.8 Å². The van der Waals surface area contributed by atoms with Crippen LogP contribution in [0.15, 0.2) is 41.3 Å². The van der Waals surface area contributed by atoms with Gasteiger partial charge in [0.05, 0.1) is 4.90 Å². The van der Waals surface area contributed by atoms with Crippen molar-refractivity contribution in [2.75, 3.05) is 10.5 Å². The second-order valence-electron chi connectivity index (χ2n) is 4.59. The molecule has 6 heteroatoms. The number of nitrogen functional groups attached to an aromatic ring is 1. The quantitative estimate of drug-likeness (QED) is 0.855. The van der Waals surface area contributed by atoms with Crippen molar-refractivity contribution in [3.8, 4) is 0 Å². The summed E-state index contributed by atoms with van der Waals surface area (Å²) in [6, 6.07) is 9.04. The lowest BCUT2D eigenvalue weighted by Crippen LogP contribution is -2.14. The van der Waals surface area contributed by atoms with Crippen LogP contribution in [-0.2, 0) is 10.0 Å². The fraction of sp³-hybridized carbons (Fsp3) is 0.143. The fourth-order valence-corrected chi connectivity index (χ4v) is 2.77. The van der Waals surface area contributed by atoms with Crippen LogP contribution in [0.4, 0.5) is 15.8 Å². The molecule has 0 unspecified atom stereocenters. The van der Waals surface area contributed by atoms with Crippen molar-refractivity contribution < 1.29 is 12.8 Å². The third-order valence-electron chi connectivity index (χ3n) is 2.97. The second-order valence-corrected chi connectivity index (χ2v) is 6.27. The number of halogens is 1. The van der Waals surface area contributed by atoms with E-state index in [0.717, 1.165) is 11.6 Å². The van der Waals surface area contributed by atoms with Gasteiger partial charge in [-0.05, 0) is 38.1 Å². The van der Waals surface area contributed by atoms with E-state index in [1.54, 1.807) is 24.3 Å². The van der Waals surface area contributed by atoms with Gasteiger partial charge in [-0.2, -0.15) is 0 Å². The van der Waals surface area contributed by atoms with Crippen LogP contribution < -0.4 is 10.5 Å². The highest BCUT2D eigenvalue weighted by Crippen LogP contribution is 2.23. The SMILES string of the molecule is Cc1ccc(NS(=O)(=O)c2cc(N)c(C)c(F)c2)cc1. The van der Waals surface area contributed by atoms with Gasteiger partial charge in [0, 0.05) is 16.9 Å². The molecular weight excluding hydrogens is 279 g/mol. The minimum atomic E-state index is -3.86. The highest BCUT2D eigenvalue weighted by molar-refractivity contribution is 7.92. The predicted molar refractivity (Wildman–Crippen MR) is 77.5 cm³/mol. The summed E-state index contributed by atoms with van der Waals surface area (Å²) in [7, 11) is -3.86. The first kappa shape index (κ1) is 14.3. The van der Waals surface area contributed by atoms with Crippen molar-refractivity contribution in [1.82, 2.24) is 0 Å². The Morgan fingerprint density at radius 3 is 2.25 bits per heavy atom. The van der Waals surface area contributed by atoms with E-state index in [0.29, 0.717) is 5.69 Å². The van der Waals surface area contributed by atoms with Gasteiger partial charge in [-0.15, -0.1) is 0 Å². The van der Waals surface area contributed by atoms with E-state index in [1.165, 1.54) is 13.0 Å². The van der Waals surface area contributed by atoms with Crippen molar-refractivity contribution in [3.63, 3.8) is 0 Å². The van der Waals surface area contributed by atoms with Crippen LogP contribution in [0, 0.1) is 19.7 Å². The van der Waals surface area contributed by atoms with Crippen LogP contribution in [0.3, 0.4) is 0 Å². The smallest absolute Gasteiger partial charge is 0.262 e. The molecule has 0 spiro atoms. The van der Waals surface area contributed by atoms with Gasteiger partial charge < -0.3 is 5.73 Å². The van der Waals surface area contributed by atoms with Crippen LogP contribution in [0.1, 0.15) is 11.1 Å². The minimum absolute atomic E-state index is 0.106. The number of nitrogens with one attached hydrogen (secondary N) is 1. The van der Waals surface area contributed by atoms with E-state index in [1.807, 2.05) is 6.92 Å². The summed E-state index contributed by atoms with van der Waals surface area (Å²) >= 11 is 0. The molecule has 0 radical (unpaired) electrons. The third kappa shape index (κ3) is 2.91. The second kappa shape index (κ2) is 5.13. The molecule has 2 aromatic rings. The summed E-state index contributed by atoms with van der Waals surface area (Å²) in [5, 5.41) is 0. The molecule has 0 saturated carbocycles. The molecule has 20 heavy (non-hydrogen) atoms. The van der Waals surface area contributed by atoms with E-state index in [4.69, 9.17) is 5.73 Å². The maximum Gasteiger partial charge on any atom is 0.262 e. The van der Waals surface area contributed by atoms with Gasteiger partial charge in [0.2, 0.25) is 0 Å². The summed E-state index contributed by atoms with van der Waals surface area (Å²) < 4.78 is 40.3. The first-order valence-corrected chi connectivity index (χ1v) is 7.43. The van der Waals surface area contributed by atoms with Gasteiger partial charge in [0.15, 0.2) is 0 Å². The average molecular weight is 294 g/mol. The number of hydrogen-bond donors (Lipinski definition) is 2. The van der Waals surface area contributed by atoms with Gasteiger partial charge in [-0.3, -0.25) is 4.72 Å². The lowest BCUT2D eigenvalue weighted by atomic mass is 10.2. The van der Waals surface area contributed by atoms with Crippen LogP contribution >= 0.6 is 0 Å². The molecule has 0 heterocycles. The normalized spacial score (nSPS) is 11.3. The summed E-state index contributed by atoms with van der Waals surface area (Å²) in [5.74, 6) is -0.644. The number of hydrogen-bond acceptors (Lipinski definition) is 3. The lowest BCUT2D eigenvalue weighted by molar-refractivity contribution is 0.593. The van der Waals surface area contributed by atoms with Crippen LogP contribution in [0.5, 0.6) is 0 Å². The average Bonchev–Trinajstić information content (AvgIpc) is 2.38. The molecule has 0 saturated heterocycles. The van der Waals surface area contributed by atoms with E-state index in [-0.39, 0.29) is 16.1 Å². The Morgan fingerprint density at radius 2 is 1.70 bits per heavy atom. The molecule has 0 aliphatic carbocycles. The highest BCUT2D eigenvalue weighted by atomic mass is 32.2. The van der Waals surface area contributed by atoms with Crippen molar-refractivity contribution in [2.45, 2.75) is 18.7 Å². The maximum atomic E-state index is 13.6. The minimum Gasteiger partial charge on any atom is -0.398 e. The van der Waals surface area contributed by atoms with Crippen LogP contribution in [0.25, 0.3) is 0 Å². The number of anilines is 2. The molecule has 106 valence electrons. The van der Waals surface area contributed by atoms with Crippen molar-refractivity contribution in [1.29, 1.82) is 0 Å². The number of rotatable bonds is 3. The van der Waals surface area contributed by atoms with Gasteiger partial charge in [-0.1, -0.05) is 17.7 Å². The molecule has 0 amide bonds. The first-order valence-electron chi connectivity index (χ1n) is 5.95. The molecule has 2 aromatic carbocycles. The number of aryl methyl sites for hydroxylation is 1. The Morgan fingerprint density at radius 1 is 1.10 bits per heavy atom. The zero-order chi connectivity index (χ0) is 14.9. The van der Waals surface area contributed by atoms with Crippen molar-refractivity contribution >= 4 is 21.4 Å². The summed E-state index contributed by atoms with van der Waals surface area (Å²) in [5.41, 5.74) is 7.37. The molecule has 0 aromatic heterocycles. The Hall–Kier alpha value is -2.08. The first-order chi connectivity index (χ1) is 9.29. The van der Waals surface area contributed by atoms with Gasteiger partial charge in [0.1, 0.15) is 5.82 Å². The standard InChI is InChI=1S/C14H15FN2O2S/c1-9-3-5-11(6-4-9)17-20(18,19)12-7-13(15)10(2)14(16)8-12/h3-8,17H,16H2,1-2H3. The summed E-state index contributed by atoms with van der Waals surface area (Å²) in [4.78, 5) is -0.196. The number of benzene rings is 2. The monoisotopic (exact) mass is 294 g/mol. The Balaban J connectivity index is 2.38. The third-order valence-corrected chi connectivity index (χ3v) is 4.33. The molecule has 3 N–H and O–H groups in total. The van der Waals surface area contributed by atoms with Gasteiger partial charge in [0.25, 0.3) is 10.0 Å². The topological polar surface area (TPSA) is 72.2 Å². The lowest BCUT2D eigenvalue weighted by Gasteiger charge is -2.10. The van der Waals surface area contributed by atoms with Gasteiger partial charge >= 0.3 is 0 Å². The van der Waals surface area contributed by atoms with E-state index in [9.17, 15) is 12.8 Å². The molecule has 0 bridgehead atoms. The molecule has 0 atom stereocenters. The zero-order valence-electron chi connectivity index (χ0n) is 11.1. The van der Waals surface area contributed by atoms with Crippen molar-refractivity contribution in [2.24, 2.45) is 0 Å². The highest BCUT2D eigenvalue weighted by Gasteiger charge is 2.17. The maximum absolute atomic E-state index is 13.6. The zero-order valence-corrected chi connectivity index (χ0v) is 12.0. The van der Waals surface area contributed by atoms with Crippen molar-refractivity contribution in [3.05, 3.63) is 53.3 Å². The van der Waals surface area contributed by atoms with Gasteiger partial charge in [-0.25, -0.2) is 12.8 Å². The molecule has 0 fully saturated rings.